The number of nitrogens with zero attached hydrogens (tertiary/aromatic N) is 3. The first-order valence-corrected chi connectivity index (χ1v) is 7.62. The molecule has 0 fully saturated rings. The second-order valence-corrected chi connectivity index (χ2v) is 5.63. The first-order valence-electron chi connectivity index (χ1n) is 7.62. The van der Waals surface area contributed by atoms with Crippen molar-refractivity contribution in [2.45, 2.75) is 19.6 Å². The van der Waals surface area contributed by atoms with Crippen LogP contribution in [0.25, 0.3) is 5.69 Å². The Balaban J connectivity index is 1.88. The van der Waals surface area contributed by atoms with Crippen LogP contribution in [0.15, 0.2) is 65.6 Å². The highest BCUT2D eigenvalue weighted by molar-refractivity contribution is 5.34. The summed E-state index contributed by atoms with van der Waals surface area (Å²) in [4.78, 5) is 12.6. The first-order chi connectivity index (χ1) is 11.6. The van der Waals surface area contributed by atoms with Crippen molar-refractivity contribution in [1.82, 2.24) is 9.13 Å². The van der Waals surface area contributed by atoms with Gasteiger partial charge in [0, 0.05) is 11.9 Å². The average molecular weight is 319 g/mol. The number of hydrogen-bond donors (Lipinski definition) is 1. The molecule has 0 aliphatic carbocycles. The van der Waals surface area contributed by atoms with Crippen molar-refractivity contribution in [3.63, 3.8) is 0 Å². The van der Waals surface area contributed by atoms with E-state index in [1.54, 1.807) is 35.0 Å². The van der Waals surface area contributed by atoms with Crippen LogP contribution in [0.4, 0.5) is 0 Å². The van der Waals surface area contributed by atoms with Crippen LogP contribution in [-0.4, -0.2) is 14.2 Å². The fourth-order valence-electron chi connectivity index (χ4n) is 2.71. The molecule has 1 heterocycles. The number of rotatable bonds is 4. The van der Waals surface area contributed by atoms with E-state index in [1.165, 1.54) is 4.57 Å². The van der Waals surface area contributed by atoms with Crippen molar-refractivity contribution in [3.8, 4) is 11.8 Å². The molecule has 3 rings (SSSR count). The molecule has 2 aromatic carbocycles. The van der Waals surface area contributed by atoms with E-state index >= 15 is 0 Å². The summed E-state index contributed by atoms with van der Waals surface area (Å²) >= 11 is 0. The van der Waals surface area contributed by atoms with Gasteiger partial charge in [-0.2, -0.15) is 5.26 Å². The van der Waals surface area contributed by atoms with E-state index in [-0.39, 0.29) is 12.2 Å². The third kappa shape index (κ3) is 3.00. The molecule has 5 heteroatoms. The number of aromatic nitrogens is 2. The fourth-order valence-corrected chi connectivity index (χ4v) is 2.71. The predicted octanol–water partition coefficient (Wildman–Crippen LogP) is 2.55. The van der Waals surface area contributed by atoms with Gasteiger partial charge in [-0.05, 0) is 36.8 Å². The van der Waals surface area contributed by atoms with Crippen LogP contribution >= 0.6 is 0 Å². The molecule has 0 saturated heterocycles. The van der Waals surface area contributed by atoms with Crippen molar-refractivity contribution in [1.29, 1.82) is 5.26 Å². The smallest absolute Gasteiger partial charge is 0.333 e. The Morgan fingerprint density at radius 2 is 1.79 bits per heavy atom. The Kier molecular flexibility index (Phi) is 4.32. The molecule has 0 aliphatic rings. The topological polar surface area (TPSA) is 71.0 Å². The van der Waals surface area contributed by atoms with Crippen LogP contribution in [0.2, 0.25) is 0 Å². The van der Waals surface area contributed by atoms with E-state index in [2.05, 4.69) is 0 Å². The summed E-state index contributed by atoms with van der Waals surface area (Å²) in [6.45, 7) is 2.02. The average Bonchev–Trinajstić information content (AvgIpc) is 2.89. The van der Waals surface area contributed by atoms with Gasteiger partial charge in [0.2, 0.25) is 0 Å². The second kappa shape index (κ2) is 6.57. The molecule has 0 aliphatic heterocycles. The minimum atomic E-state index is -0.818. The lowest BCUT2D eigenvalue weighted by Gasteiger charge is -2.11. The highest BCUT2D eigenvalue weighted by Gasteiger charge is 2.14. The number of aliphatic hydroxyl groups excluding tert-OH is 1. The van der Waals surface area contributed by atoms with Gasteiger partial charge in [-0.1, -0.05) is 30.3 Å². The second-order valence-electron chi connectivity index (χ2n) is 5.63. The normalized spacial score (nSPS) is 11.9. The van der Waals surface area contributed by atoms with Crippen molar-refractivity contribution in [2.24, 2.45) is 0 Å². The summed E-state index contributed by atoms with van der Waals surface area (Å²) in [5.74, 6) is 0. The molecule has 0 radical (unpaired) electrons. The molecule has 0 saturated carbocycles. The van der Waals surface area contributed by atoms with Gasteiger partial charge in [0.25, 0.3) is 0 Å². The van der Waals surface area contributed by atoms with Crippen molar-refractivity contribution in [3.05, 3.63) is 88.1 Å². The summed E-state index contributed by atoms with van der Waals surface area (Å²) in [6.07, 6.45) is 0.920. The molecule has 1 atom stereocenters. The third-order valence-electron chi connectivity index (χ3n) is 3.94. The van der Waals surface area contributed by atoms with Gasteiger partial charge in [0.1, 0.15) is 0 Å². The monoisotopic (exact) mass is 319 g/mol. The Bertz CT molecular complexity index is 931. The zero-order valence-corrected chi connectivity index (χ0v) is 13.3. The maximum atomic E-state index is 12.6. The fraction of sp³-hybridized carbons (Fsp3) is 0.158. The maximum absolute atomic E-state index is 12.6. The molecule has 3 aromatic rings. The molecule has 1 unspecified atom stereocenters. The predicted molar refractivity (Wildman–Crippen MR) is 90.9 cm³/mol. The number of nitriles is 1. The zero-order valence-electron chi connectivity index (χ0n) is 13.3. The van der Waals surface area contributed by atoms with Crippen LogP contribution in [0.3, 0.4) is 0 Å². The number of aliphatic hydroxyl groups is 1. The van der Waals surface area contributed by atoms with Gasteiger partial charge < -0.3 is 5.11 Å². The molecule has 1 aromatic heterocycles. The Morgan fingerprint density at radius 3 is 2.42 bits per heavy atom. The maximum Gasteiger partial charge on any atom is 0.333 e. The summed E-state index contributed by atoms with van der Waals surface area (Å²) < 4.78 is 3.12. The third-order valence-corrected chi connectivity index (χ3v) is 3.94. The number of benzene rings is 2. The molecule has 0 amide bonds. The standard InChI is InChI=1S/C19H17N3O2/c1-14-12-21(19(24)22(14)17-5-3-2-4-6-17)13-18(23)16-9-7-15(11-20)8-10-16/h2-10,12,18,23H,13H2,1H3. The van der Waals surface area contributed by atoms with Crippen LogP contribution in [0.1, 0.15) is 22.9 Å². The quantitative estimate of drug-likeness (QED) is 0.803. The van der Waals surface area contributed by atoms with Crippen LogP contribution in [0, 0.1) is 18.3 Å². The van der Waals surface area contributed by atoms with Crippen molar-refractivity contribution in [2.75, 3.05) is 0 Å². The van der Waals surface area contributed by atoms with Crippen LogP contribution in [0.5, 0.6) is 0 Å². The lowest BCUT2D eigenvalue weighted by molar-refractivity contribution is 0.155. The highest BCUT2D eigenvalue weighted by atomic mass is 16.3. The number of hydrogen-bond acceptors (Lipinski definition) is 3. The lowest BCUT2D eigenvalue weighted by Crippen LogP contribution is -2.25. The summed E-state index contributed by atoms with van der Waals surface area (Å²) in [5.41, 5.74) is 2.62. The van der Waals surface area contributed by atoms with Gasteiger partial charge in [-0.3, -0.25) is 9.13 Å². The Hall–Kier alpha value is -3.10. The molecular weight excluding hydrogens is 302 g/mol. The Morgan fingerprint density at radius 1 is 1.12 bits per heavy atom. The highest BCUT2D eigenvalue weighted by Crippen LogP contribution is 2.16. The van der Waals surface area contributed by atoms with Crippen LogP contribution < -0.4 is 5.69 Å². The molecule has 0 bridgehead atoms. The van der Waals surface area contributed by atoms with Gasteiger partial charge >= 0.3 is 5.69 Å². The molecule has 1 N–H and O–H groups in total. The number of aryl methyl sites for hydroxylation is 1. The number of para-hydroxylation sites is 1. The molecule has 120 valence electrons. The van der Waals surface area contributed by atoms with E-state index < -0.39 is 6.10 Å². The van der Waals surface area contributed by atoms with E-state index in [4.69, 9.17) is 5.26 Å². The van der Waals surface area contributed by atoms with Crippen LogP contribution in [-0.2, 0) is 6.54 Å². The van der Waals surface area contributed by atoms with E-state index in [1.807, 2.05) is 43.3 Å². The van der Waals surface area contributed by atoms with E-state index in [9.17, 15) is 9.90 Å². The van der Waals surface area contributed by atoms with Gasteiger partial charge in [0.05, 0.1) is 30.0 Å². The molecule has 0 spiro atoms. The van der Waals surface area contributed by atoms with Crippen molar-refractivity contribution >= 4 is 0 Å². The molecular formula is C19H17N3O2. The van der Waals surface area contributed by atoms with Gasteiger partial charge in [-0.15, -0.1) is 0 Å². The Labute approximate surface area is 139 Å². The summed E-state index contributed by atoms with van der Waals surface area (Å²) in [6, 6.07) is 18.2. The zero-order chi connectivity index (χ0) is 17.1. The van der Waals surface area contributed by atoms with Gasteiger partial charge in [0.15, 0.2) is 0 Å². The SMILES string of the molecule is Cc1cn(CC(O)c2ccc(C#N)cc2)c(=O)n1-c1ccccc1. The van der Waals surface area contributed by atoms with E-state index in [0.29, 0.717) is 11.1 Å². The lowest BCUT2D eigenvalue weighted by atomic mass is 10.1. The molecule has 5 nitrogen and oxygen atoms in total. The minimum absolute atomic E-state index is 0.158. The first kappa shape index (κ1) is 15.8. The van der Waals surface area contributed by atoms with Gasteiger partial charge in [-0.25, -0.2) is 4.79 Å². The van der Waals surface area contributed by atoms with Crippen molar-refractivity contribution < 1.29 is 5.11 Å². The summed E-state index contributed by atoms with van der Waals surface area (Å²) in [5, 5.41) is 19.2. The molecule has 24 heavy (non-hydrogen) atoms. The summed E-state index contributed by atoms with van der Waals surface area (Å²) in [7, 11) is 0. The van der Waals surface area contributed by atoms with E-state index in [0.717, 1.165) is 11.4 Å². The number of imidazole rings is 1. The largest absolute Gasteiger partial charge is 0.387 e. The minimum Gasteiger partial charge on any atom is -0.387 e.